The lowest BCUT2D eigenvalue weighted by Gasteiger charge is -2.10. The molecular weight excluding hydrogens is 172 g/mol. The molecule has 0 spiro atoms. The number of nitrogens with zero attached hydrogens (tertiary/aromatic N) is 2. The van der Waals surface area contributed by atoms with E-state index in [1.807, 2.05) is 0 Å². The zero-order valence-corrected chi connectivity index (χ0v) is 8.99. The molecule has 0 N–H and O–H groups in total. The maximum atomic E-state index is 2.26. The van der Waals surface area contributed by atoms with Gasteiger partial charge in [-0.25, -0.2) is 0 Å². The van der Waals surface area contributed by atoms with Crippen LogP contribution in [0.4, 0.5) is 0 Å². The van der Waals surface area contributed by atoms with Crippen LogP contribution in [0.5, 0.6) is 0 Å². The number of hydrogen-bond acceptors (Lipinski definition) is 1. The molecule has 2 rings (SSSR count). The van der Waals surface area contributed by atoms with Crippen molar-refractivity contribution in [3.8, 4) is 0 Å². The van der Waals surface area contributed by atoms with E-state index in [0.717, 1.165) is 6.54 Å². The van der Waals surface area contributed by atoms with E-state index < -0.39 is 0 Å². The van der Waals surface area contributed by atoms with Gasteiger partial charge in [0.25, 0.3) is 0 Å². The lowest BCUT2D eigenvalue weighted by molar-refractivity contribution is 0.392. The molecule has 1 heterocycles. The van der Waals surface area contributed by atoms with Crippen molar-refractivity contribution in [3.63, 3.8) is 0 Å². The van der Waals surface area contributed by atoms with Crippen LogP contribution >= 0.6 is 0 Å². The van der Waals surface area contributed by atoms with Crippen molar-refractivity contribution in [1.82, 2.24) is 9.47 Å². The summed E-state index contributed by atoms with van der Waals surface area (Å²) in [5, 5.41) is 1.33. The van der Waals surface area contributed by atoms with Crippen molar-refractivity contribution in [2.45, 2.75) is 6.54 Å². The molecule has 0 saturated heterocycles. The van der Waals surface area contributed by atoms with Crippen LogP contribution in [0, 0.1) is 0 Å². The van der Waals surface area contributed by atoms with Gasteiger partial charge in [-0.15, -0.1) is 0 Å². The van der Waals surface area contributed by atoms with Crippen molar-refractivity contribution in [2.75, 3.05) is 14.1 Å². The highest BCUT2D eigenvalue weighted by atomic mass is 15.1. The molecule has 0 bridgehead atoms. The largest absolute Gasteiger partial charge is 0.346 e. The highest BCUT2D eigenvalue weighted by molar-refractivity contribution is 5.81. The lowest BCUT2D eigenvalue weighted by atomic mass is 10.2. The molecule has 0 aliphatic heterocycles. The van der Waals surface area contributed by atoms with E-state index in [9.17, 15) is 0 Å². The fraction of sp³-hybridized carbons (Fsp3) is 0.333. The molecule has 0 atom stereocenters. The molecule has 0 amide bonds. The van der Waals surface area contributed by atoms with Gasteiger partial charge in [0.2, 0.25) is 0 Å². The minimum atomic E-state index is 0.991. The topological polar surface area (TPSA) is 8.17 Å². The molecule has 0 radical (unpaired) electrons. The Morgan fingerprint density at radius 3 is 2.57 bits per heavy atom. The third kappa shape index (κ3) is 1.53. The summed E-state index contributed by atoms with van der Waals surface area (Å²) in [7, 11) is 6.32. The van der Waals surface area contributed by atoms with Gasteiger partial charge in [-0.2, -0.15) is 0 Å². The second-order valence-corrected chi connectivity index (χ2v) is 3.99. The van der Waals surface area contributed by atoms with Gasteiger partial charge in [-0.05, 0) is 31.6 Å². The highest BCUT2D eigenvalue weighted by Crippen LogP contribution is 2.18. The molecule has 2 nitrogen and oxygen atoms in total. The SMILES string of the molecule is CN(C)Cc1cc2ccccc2n1C. The first kappa shape index (κ1) is 9.28. The van der Waals surface area contributed by atoms with Gasteiger partial charge in [0.15, 0.2) is 0 Å². The maximum absolute atomic E-state index is 2.26. The Hall–Kier alpha value is -1.28. The Bertz CT molecular complexity index is 441. The monoisotopic (exact) mass is 188 g/mol. The predicted molar refractivity (Wildman–Crippen MR) is 60.3 cm³/mol. The summed E-state index contributed by atoms with van der Waals surface area (Å²) < 4.78 is 2.26. The maximum Gasteiger partial charge on any atom is 0.0480 e. The van der Waals surface area contributed by atoms with Crippen molar-refractivity contribution in [3.05, 3.63) is 36.0 Å². The van der Waals surface area contributed by atoms with Crippen molar-refractivity contribution < 1.29 is 0 Å². The molecule has 1 aromatic carbocycles. The average molecular weight is 188 g/mol. The molecule has 14 heavy (non-hydrogen) atoms. The van der Waals surface area contributed by atoms with Crippen molar-refractivity contribution >= 4 is 10.9 Å². The van der Waals surface area contributed by atoms with E-state index in [0.29, 0.717) is 0 Å². The minimum Gasteiger partial charge on any atom is -0.346 e. The van der Waals surface area contributed by atoms with Gasteiger partial charge in [0.1, 0.15) is 0 Å². The molecule has 2 heteroatoms. The van der Waals surface area contributed by atoms with Crippen LogP contribution in [0.25, 0.3) is 10.9 Å². The zero-order valence-electron chi connectivity index (χ0n) is 8.99. The molecule has 0 aliphatic carbocycles. The van der Waals surface area contributed by atoms with Gasteiger partial charge < -0.3 is 9.47 Å². The lowest BCUT2D eigenvalue weighted by Crippen LogP contribution is -2.13. The third-order valence-corrected chi connectivity index (χ3v) is 2.53. The second kappa shape index (κ2) is 3.46. The van der Waals surface area contributed by atoms with E-state index in [4.69, 9.17) is 0 Å². The summed E-state index contributed by atoms with van der Waals surface area (Å²) in [5.41, 5.74) is 2.67. The molecule has 0 aliphatic rings. The summed E-state index contributed by atoms with van der Waals surface area (Å²) in [5.74, 6) is 0. The number of hydrogen-bond donors (Lipinski definition) is 0. The fourth-order valence-corrected chi connectivity index (χ4v) is 1.82. The van der Waals surface area contributed by atoms with Crippen molar-refractivity contribution in [2.24, 2.45) is 7.05 Å². The Morgan fingerprint density at radius 1 is 1.21 bits per heavy atom. The molecule has 2 aromatic rings. The summed E-state index contributed by atoms with van der Waals surface area (Å²) in [6.45, 7) is 0.991. The molecule has 74 valence electrons. The van der Waals surface area contributed by atoms with Crippen LogP contribution < -0.4 is 0 Å². The van der Waals surface area contributed by atoms with E-state index in [2.05, 4.69) is 60.9 Å². The highest BCUT2D eigenvalue weighted by Gasteiger charge is 2.04. The normalized spacial score (nSPS) is 11.4. The van der Waals surface area contributed by atoms with Crippen LogP contribution in [-0.2, 0) is 13.6 Å². The first-order valence-corrected chi connectivity index (χ1v) is 4.86. The number of aryl methyl sites for hydroxylation is 1. The molecule has 0 saturated carbocycles. The number of aromatic nitrogens is 1. The summed E-state index contributed by atoms with van der Waals surface area (Å²) in [4.78, 5) is 2.19. The zero-order chi connectivity index (χ0) is 10.1. The molecule has 1 aromatic heterocycles. The van der Waals surface area contributed by atoms with Crippen LogP contribution in [0.1, 0.15) is 5.69 Å². The van der Waals surface area contributed by atoms with Gasteiger partial charge in [0, 0.05) is 24.8 Å². The smallest absolute Gasteiger partial charge is 0.0480 e. The Labute approximate surface area is 84.8 Å². The fourth-order valence-electron chi connectivity index (χ4n) is 1.82. The van der Waals surface area contributed by atoms with Crippen molar-refractivity contribution in [1.29, 1.82) is 0 Å². The minimum absolute atomic E-state index is 0.991. The number of benzene rings is 1. The van der Waals surface area contributed by atoms with Gasteiger partial charge >= 0.3 is 0 Å². The number of para-hydroxylation sites is 1. The molecular formula is C12H16N2. The van der Waals surface area contributed by atoms with Crippen LogP contribution in [0.3, 0.4) is 0 Å². The van der Waals surface area contributed by atoms with E-state index in [1.54, 1.807) is 0 Å². The van der Waals surface area contributed by atoms with Crippen LogP contribution in [-0.4, -0.2) is 23.6 Å². The van der Waals surface area contributed by atoms with Gasteiger partial charge in [-0.1, -0.05) is 18.2 Å². The second-order valence-electron chi connectivity index (χ2n) is 3.99. The first-order valence-electron chi connectivity index (χ1n) is 4.86. The number of rotatable bonds is 2. The Kier molecular flexibility index (Phi) is 2.30. The Balaban J connectivity index is 2.51. The summed E-state index contributed by atoms with van der Waals surface area (Å²) >= 11 is 0. The third-order valence-electron chi connectivity index (χ3n) is 2.53. The molecule has 0 unspecified atom stereocenters. The average Bonchev–Trinajstić information content (AvgIpc) is 2.44. The quantitative estimate of drug-likeness (QED) is 0.701. The standard InChI is InChI=1S/C12H16N2/c1-13(2)9-11-8-10-6-4-5-7-12(10)14(11)3/h4-8H,9H2,1-3H3. The van der Waals surface area contributed by atoms with Gasteiger partial charge in [-0.3, -0.25) is 0 Å². The molecule has 0 fully saturated rings. The number of fused-ring (bicyclic) bond motifs is 1. The van der Waals surface area contributed by atoms with E-state index in [-0.39, 0.29) is 0 Å². The van der Waals surface area contributed by atoms with Crippen LogP contribution in [0.15, 0.2) is 30.3 Å². The summed E-state index contributed by atoms with van der Waals surface area (Å²) in [6, 6.07) is 10.8. The summed E-state index contributed by atoms with van der Waals surface area (Å²) in [6.07, 6.45) is 0. The Morgan fingerprint density at radius 2 is 1.93 bits per heavy atom. The first-order chi connectivity index (χ1) is 6.68. The van der Waals surface area contributed by atoms with Gasteiger partial charge in [0.05, 0.1) is 0 Å². The van der Waals surface area contributed by atoms with Crippen LogP contribution in [0.2, 0.25) is 0 Å². The van der Waals surface area contributed by atoms with E-state index >= 15 is 0 Å². The predicted octanol–water partition coefficient (Wildman–Crippen LogP) is 2.24. The van der Waals surface area contributed by atoms with E-state index in [1.165, 1.54) is 16.6 Å².